The summed E-state index contributed by atoms with van der Waals surface area (Å²) >= 11 is 0. The number of halogens is 1. The minimum atomic E-state index is -1.02. The van der Waals surface area contributed by atoms with Gasteiger partial charge in [-0.15, -0.1) is 0 Å². The predicted octanol–water partition coefficient (Wildman–Crippen LogP) is 2.96. The summed E-state index contributed by atoms with van der Waals surface area (Å²) in [6, 6.07) is 7.36. The summed E-state index contributed by atoms with van der Waals surface area (Å²) in [6.07, 6.45) is 3.62. The minimum absolute atomic E-state index is 0.247. The normalized spacial score (nSPS) is 19.8. The number of hydrogen-bond donors (Lipinski definition) is 0. The van der Waals surface area contributed by atoms with Crippen LogP contribution in [0.15, 0.2) is 30.5 Å². The highest BCUT2D eigenvalue weighted by Gasteiger charge is 2.54. The van der Waals surface area contributed by atoms with Gasteiger partial charge in [0.05, 0.1) is 31.3 Å². The zero-order valence-corrected chi connectivity index (χ0v) is 12.4. The van der Waals surface area contributed by atoms with E-state index in [1.54, 1.807) is 12.3 Å². The molecule has 2 heterocycles. The summed E-state index contributed by atoms with van der Waals surface area (Å²) in [5.41, 5.74) is 1.14. The molecule has 114 valence electrons. The number of benzene rings is 1. The zero-order chi connectivity index (χ0) is 15.3. The largest absolute Gasteiger partial charge is 0.465 e. The molecule has 1 aromatic heterocycles. The molecule has 0 amide bonds. The van der Waals surface area contributed by atoms with Crippen molar-refractivity contribution in [2.75, 3.05) is 25.1 Å². The van der Waals surface area contributed by atoms with E-state index in [0.29, 0.717) is 18.7 Å². The number of aromatic nitrogens is 1. The number of rotatable bonds is 3. The van der Waals surface area contributed by atoms with Gasteiger partial charge >= 0.3 is 5.97 Å². The summed E-state index contributed by atoms with van der Waals surface area (Å²) in [5, 5.41) is 0.745. The van der Waals surface area contributed by atoms with Gasteiger partial charge in [-0.25, -0.2) is 9.18 Å². The van der Waals surface area contributed by atoms with Gasteiger partial charge in [-0.2, -0.15) is 0 Å². The number of carbonyl (C=O) groups is 1. The molecule has 2 aliphatic rings. The standard InChI is InChI=1S/C17H17FN2O2/c1-22-16(21)13-6-7-19-15-5-4-12(8-14(13)15)20-9-17(18,10-20)11-2-3-11/h4-8,11H,2-3,9-10H2,1H3. The Labute approximate surface area is 127 Å². The molecule has 0 unspecified atom stereocenters. The summed E-state index contributed by atoms with van der Waals surface area (Å²) in [4.78, 5) is 18.2. The number of hydrogen-bond acceptors (Lipinski definition) is 4. The van der Waals surface area contributed by atoms with Crippen molar-refractivity contribution >= 4 is 22.6 Å². The number of alkyl halides is 1. The van der Waals surface area contributed by atoms with E-state index in [2.05, 4.69) is 4.98 Å². The highest BCUT2D eigenvalue weighted by atomic mass is 19.1. The monoisotopic (exact) mass is 300 g/mol. The molecule has 0 bridgehead atoms. The number of ether oxygens (including phenoxy) is 1. The van der Waals surface area contributed by atoms with E-state index in [-0.39, 0.29) is 11.9 Å². The van der Waals surface area contributed by atoms with E-state index in [4.69, 9.17) is 4.74 Å². The maximum atomic E-state index is 14.5. The number of fused-ring (bicyclic) bond motifs is 1. The average Bonchev–Trinajstić information content (AvgIpc) is 3.35. The van der Waals surface area contributed by atoms with Gasteiger partial charge in [0.25, 0.3) is 0 Å². The number of methoxy groups -OCH3 is 1. The molecule has 5 heteroatoms. The number of esters is 1. The van der Waals surface area contributed by atoms with Crippen LogP contribution in [-0.2, 0) is 4.74 Å². The maximum absolute atomic E-state index is 14.5. The lowest BCUT2D eigenvalue weighted by atomic mass is 9.90. The molecule has 2 aromatic rings. The van der Waals surface area contributed by atoms with Crippen LogP contribution >= 0.6 is 0 Å². The van der Waals surface area contributed by atoms with Gasteiger partial charge in [0.2, 0.25) is 0 Å². The predicted molar refractivity (Wildman–Crippen MR) is 81.9 cm³/mol. The fraction of sp³-hybridized carbons (Fsp3) is 0.412. The third kappa shape index (κ3) is 2.03. The summed E-state index contributed by atoms with van der Waals surface area (Å²) in [7, 11) is 1.36. The van der Waals surface area contributed by atoms with Gasteiger partial charge in [-0.1, -0.05) is 0 Å². The van der Waals surface area contributed by atoms with E-state index in [9.17, 15) is 9.18 Å². The number of nitrogens with zero attached hydrogens (tertiary/aromatic N) is 2. The third-order valence-corrected chi connectivity index (χ3v) is 4.71. The van der Waals surface area contributed by atoms with Crippen LogP contribution < -0.4 is 4.90 Å². The summed E-state index contributed by atoms with van der Waals surface area (Å²) < 4.78 is 19.3. The molecule has 0 spiro atoms. The lowest BCUT2D eigenvalue weighted by Gasteiger charge is -2.46. The highest BCUT2D eigenvalue weighted by Crippen LogP contribution is 2.48. The second kappa shape index (κ2) is 4.66. The highest BCUT2D eigenvalue weighted by molar-refractivity contribution is 6.04. The SMILES string of the molecule is COC(=O)c1ccnc2ccc(N3CC(F)(C4CC4)C3)cc12. The van der Waals surface area contributed by atoms with Crippen molar-refractivity contribution in [1.29, 1.82) is 0 Å². The Morgan fingerprint density at radius 1 is 1.36 bits per heavy atom. The Balaban J connectivity index is 1.67. The van der Waals surface area contributed by atoms with Crippen molar-refractivity contribution in [2.24, 2.45) is 5.92 Å². The molecule has 1 saturated heterocycles. The Morgan fingerprint density at radius 3 is 2.82 bits per heavy atom. The van der Waals surface area contributed by atoms with Gasteiger partial charge in [0.15, 0.2) is 0 Å². The first-order valence-electron chi connectivity index (χ1n) is 7.52. The first-order valence-corrected chi connectivity index (χ1v) is 7.52. The van der Waals surface area contributed by atoms with Crippen molar-refractivity contribution in [3.05, 3.63) is 36.0 Å². The van der Waals surface area contributed by atoms with Crippen LogP contribution in [0, 0.1) is 5.92 Å². The lowest BCUT2D eigenvalue weighted by molar-refractivity contribution is 0.0603. The lowest BCUT2D eigenvalue weighted by Crippen LogP contribution is -2.60. The van der Waals surface area contributed by atoms with Crippen LogP contribution in [0.25, 0.3) is 10.9 Å². The fourth-order valence-corrected chi connectivity index (χ4v) is 3.25. The Bertz CT molecular complexity index is 751. The topological polar surface area (TPSA) is 42.4 Å². The van der Waals surface area contributed by atoms with Crippen molar-refractivity contribution in [2.45, 2.75) is 18.5 Å². The average molecular weight is 300 g/mol. The maximum Gasteiger partial charge on any atom is 0.338 e. The molecular weight excluding hydrogens is 283 g/mol. The van der Waals surface area contributed by atoms with Gasteiger partial charge in [0.1, 0.15) is 5.67 Å². The first kappa shape index (κ1) is 13.5. The molecule has 2 fully saturated rings. The second-order valence-corrected chi connectivity index (χ2v) is 6.22. The minimum Gasteiger partial charge on any atom is -0.465 e. The molecular formula is C17H17FN2O2. The van der Waals surface area contributed by atoms with E-state index >= 15 is 0 Å². The summed E-state index contributed by atoms with van der Waals surface area (Å²) in [6.45, 7) is 0.883. The van der Waals surface area contributed by atoms with E-state index < -0.39 is 5.67 Å². The van der Waals surface area contributed by atoms with Crippen molar-refractivity contribution in [3.8, 4) is 0 Å². The van der Waals surface area contributed by atoms with Crippen LogP contribution in [-0.4, -0.2) is 36.8 Å². The Kier molecular flexibility index (Phi) is 2.86. The molecule has 1 aromatic carbocycles. The van der Waals surface area contributed by atoms with Crippen molar-refractivity contribution < 1.29 is 13.9 Å². The Morgan fingerprint density at radius 2 is 2.14 bits per heavy atom. The number of pyridine rings is 1. The molecule has 22 heavy (non-hydrogen) atoms. The molecule has 4 rings (SSSR count). The van der Waals surface area contributed by atoms with Crippen LogP contribution in [0.4, 0.5) is 10.1 Å². The van der Waals surface area contributed by atoms with Crippen LogP contribution in [0.5, 0.6) is 0 Å². The first-order chi connectivity index (χ1) is 10.6. The van der Waals surface area contributed by atoms with Crippen molar-refractivity contribution in [3.63, 3.8) is 0 Å². The molecule has 1 aliphatic heterocycles. The molecule has 0 atom stereocenters. The molecule has 1 aliphatic carbocycles. The molecule has 1 saturated carbocycles. The molecule has 0 radical (unpaired) electrons. The Hall–Kier alpha value is -2.17. The van der Waals surface area contributed by atoms with Crippen LogP contribution in [0.1, 0.15) is 23.2 Å². The van der Waals surface area contributed by atoms with Gasteiger partial charge < -0.3 is 9.64 Å². The molecule has 4 nitrogen and oxygen atoms in total. The summed E-state index contributed by atoms with van der Waals surface area (Å²) in [5.74, 6) is -0.137. The number of anilines is 1. The molecule has 0 N–H and O–H groups in total. The van der Waals surface area contributed by atoms with Crippen molar-refractivity contribution in [1.82, 2.24) is 4.98 Å². The van der Waals surface area contributed by atoms with Gasteiger partial charge in [0, 0.05) is 17.3 Å². The van der Waals surface area contributed by atoms with Gasteiger partial charge in [-0.05, 0) is 43.0 Å². The van der Waals surface area contributed by atoms with E-state index in [0.717, 1.165) is 29.4 Å². The number of carbonyl (C=O) groups excluding carboxylic acids is 1. The third-order valence-electron chi connectivity index (χ3n) is 4.71. The quantitative estimate of drug-likeness (QED) is 0.817. The van der Waals surface area contributed by atoms with Crippen LogP contribution in [0.3, 0.4) is 0 Å². The smallest absolute Gasteiger partial charge is 0.338 e. The van der Waals surface area contributed by atoms with E-state index in [1.807, 2.05) is 23.1 Å². The van der Waals surface area contributed by atoms with Crippen LogP contribution in [0.2, 0.25) is 0 Å². The van der Waals surface area contributed by atoms with Gasteiger partial charge in [-0.3, -0.25) is 4.98 Å². The second-order valence-electron chi connectivity index (χ2n) is 6.22. The zero-order valence-electron chi connectivity index (χ0n) is 12.4. The van der Waals surface area contributed by atoms with E-state index in [1.165, 1.54) is 7.11 Å². The fourth-order valence-electron chi connectivity index (χ4n) is 3.25.